The molecule has 2 aliphatic heterocycles. The van der Waals surface area contributed by atoms with Gasteiger partial charge < -0.3 is 10.2 Å². The number of hydrogen-bond acceptors (Lipinski definition) is 8. The van der Waals surface area contributed by atoms with Crippen molar-refractivity contribution in [3.8, 4) is 0 Å². The fourth-order valence-electron chi connectivity index (χ4n) is 6.01. The molecule has 6 rings (SSSR count). The number of nitrogens with one attached hydrogen (secondary N) is 1. The van der Waals surface area contributed by atoms with E-state index in [4.69, 9.17) is 4.98 Å². The highest BCUT2D eigenvalue weighted by atomic mass is 16.2. The van der Waals surface area contributed by atoms with Gasteiger partial charge >= 0.3 is 5.69 Å². The van der Waals surface area contributed by atoms with Crippen molar-refractivity contribution in [2.45, 2.75) is 32.9 Å². The van der Waals surface area contributed by atoms with Gasteiger partial charge in [0.05, 0.1) is 24.7 Å². The van der Waals surface area contributed by atoms with Gasteiger partial charge in [-0.2, -0.15) is 4.98 Å². The molecule has 1 atom stereocenters. The van der Waals surface area contributed by atoms with Crippen molar-refractivity contribution >= 4 is 46.2 Å². The number of benzene rings is 2. The Kier molecular flexibility index (Phi) is 7.41. The van der Waals surface area contributed by atoms with Crippen molar-refractivity contribution in [1.29, 1.82) is 0 Å². The van der Waals surface area contributed by atoms with Crippen LogP contribution in [-0.2, 0) is 35.0 Å². The molecule has 13 heteroatoms. The lowest BCUT2D eigenvalue weighted by Gasteiger charge is -2.37. The molecule has 2 aromatic carbocycles. The summed E-state index contributed by atoms with van der Waals surface area (Å²) in [5.74, 6) is -0.178. The Morgan fingerprint density at radius 2 is 1.57 bits per heavy atom. The molecule has 228 valence electrons. The van der Waals surface area contributed by atoms with Crippen molar-refractivity contribution in [2.75, 3.05) is 41.3 Å². The predicted molar refractivity (Wildman–Crippen MR) is 166 cm³/mol. The van der Waals surface area contributed by atoms with Gasteiger partial charge in [-0.25, -0.2) is 9.69 Å². The molecule has 0 spiro atoms. The van der Waals surface area contributed by atoms with E-state index in [9.17, 15) is 24.0 Å². The average molecular weight is 599 g/mol. The summed E-state index contributed by atoms with van der Waals surface area (Å²) in [5, 5.41) is 2.68. The van der Waals surface area contributed by atoms with Gasteiger partial charge in [-0.15, -0.1) is 0 Å². The highest BCUT2D eigenvalue weighted by molar-refractivity contribution is 6.22. The Balaban J connectivity index is 1.24. The first kappa shape index (κ1) is 29.1. The first-order valence-electron chi connectivity index (χ1n) is 14.5. The van der Waals surface area contributed by atoms with Crippen molar-refractivity contribution in [1.82, 2.24) is 23.6 Å². The number of imidazole rings is 1. The molecule has 2 saturated heterocycles. The van der Waals surface area contributed by atoms with E-state index in [1.807, 2.05) is 40.7 Å². The van der Waals surface area contributed by atoms with Gasteiger partial charge in [0.1, 0.15) is 0 Å². The van der Waals surface area contributed by atoms with Gasteiger partial charge in [-0.3, -0.25) is 37.8 Å². The van der Waals surface area contributed by atoms with Crippen LogP contribution in [0.2, 0.25) is 0 Å². The summed E-state index contributed by atoms with van der Waals surface area (Å²) in [4.78, 5) is 73.9. The standard InChI is InChI=1S/C31H34N8O5/c1-19-5-7-21(8-6-19)18-38-26-27(34(3)31(44)35(4)29(26)43)33-30(38)37-15-13-36(14-16-37)24-17-25(41)39(28(24)42)23-11-9-22(10-12-23)32-20(2)40/h5-12,24H,13-18H2,1-4H3,(H,32,40). The molecule has 13 nitrogen and oxygen atoms in total. The number of fused-ring (bicyclic) bond motifs is 1. The van der Waals surface area contributed by atoms with E-state index in [1.165, 1.54) is 23.4 Å². The maximum Gasteiger partial charge on any atom is 0.332 e. The van der Waals surface area contributed by atoms with Crippen molar-refractivity contribution < 1.29 is 14.4 Å². The molecular weight excluding hydrogens is 564 g/mol. The topological polar surface area (TPSA) is 135 Å². The number of nitrogens with zero attached hydrogens (tertiary/aromatic N) is 7. The van der Waals surface area contributed by atoms with E-state index in [1.54, 1.807) is 31.3 Å². The summed E-state index contributed by atoms with van der Waals surface area (Å²) in [6.45, 7) is 5.84. The normalized spacial score (nSPS) is 17.6. The van der Waals surface area contributed by atoms with Crippen LogP contribution in [0.3, 0.4) is 0 Å². The van der Waals surface area contributed by atoms with Crippen LogP contribution >= 0.6 is 0 Å². The van der Waals surface area contributed by atoms with Crippen molar-refractivity contribution in [2.24, 2.45) is 14.1 Å². The summed E-state index contributed by atoms with van der Waals surface area (Å²) in [5.41, 5.74) is 2.98. The number of anilines is 3. The molecule has 44 heavy (non-hydrogen) atoms. The molecule has 1 unspecified atom stereocenters. The van der Waals surface area contributed by atoms with E-state index < -0.39 is 17.3 Å². The first-order chi connectivity index (χ1) is 21.0. The zero-order valence-corrected chi connectivity index (χ0v) is 25.1. The minimum atomic E-state index is -0.584. The second kappa shape index (κ2) is 11.2. The van der Waals surface area contributed by atoms with Gasteiger partial charge in [0.2, 0.25) is 17.8 Å². The Hall–Kier alpha value is -5.04. The average Bonchev–Trinajstić information content (AvgIpc) is 3.53. The molecule has 0 bridgehead atoms. The number of amides is 3. The Morgan fingerprint density at radius 3 is 2.20 bits per heavy atom. The first-order valence-corrected chi connectivity index (χ1v) is 14.5. The quantitative estimate of drug-likeness (QED) is 0.328. The SMILES string of the molecule is CC(=O)Nc1ccc(N2C(=O)CC(N3CCN(c4nc5c(c(=O)n(C)c(=O)n5C)n4Cc4ccc(C)cc4)CC3)C2=O)cc1. The number of hydrogen-bond donors (Lipinski definition) is 1. The number of imide groups is 1. The summed E-state index contributed by atoms with van der Waals surface area (Å²) < 4.78 is 4.36. The van der Waals surface area contributed by atoms with Gasteiger partial charge in [-0.1, -0.05) is 29.8 Å². The summed E-state index contributed by atoms with van der Waals surface area (Å²) >= 11 is 0. The Labute approximate surface area is 252 Å². The second-order valence-electron chi connectivity index (χ2n) is 11.4. The molecule has 2 aromatic heterocycles. The number of rotatable bonds is 6. The number of piperazine rings is 1. The molecule has 0 radical (unpaired) electrons. The fraction of sp³-hybridized carbons (Fsp3) is 0.355. The molecule has 0 saturated carbocycles. The molecule has 2 fully saturated rings. The molecule has 4 aromatic rings. The lowest BCUT2D eigenvalue weighted by Crippen LogP contribution is -2.53. The predicted octanol–water partition coefficient (Wildman–Crippen LogP) is 1.20. The maximum absolute atomic E-state index is 13.5. The smallest absolute Gasteiger partial charge is 0.332 e. The zero-order valence-electron chi connectivity index (χ0n) is 25.1. The monoisotopic (exact) mass is 598 g/mol. The number of carbonyl (C=O) groups excluding carboxylic acids is 3. The summed E-state index contributed by atoms with van der Waals surface area (Å²) in [7, 11) is 3.07. The van der Waals surface area contributed by atoms with E-state index >= 15 is 0 Å². The van der Waals surface area contributed by atoms with Crippen LogP contribution < -0.4 is 26.4 Å². The van der Waals surface area contributed by atoms with Gasteiger partial charge in [0.25, 0.3) is 11.5 Å². The van der Waals surface area contributed by atoms with Crippen LogP contribution in [0, 0.1) is 6.92 Å². The maximum atomic E-state index is 13.5. The molecular formula is C31H34N8O5. The number of aromatic nitrogens is 4. The van der Waals surface area contributed by atoms with Crippen LogP contribution in [0.1, 0.15) is 24.5 Å². The lowest BCUT2D eigenvalue weighted by atomic mass is 10.1. The van der Waals surface area contributed by atoms with Gasteiger partial charge in [-0.05, 0) is 36.8 Å². The Bertz CT molecular complexity index is 1900. The van der Waals surface area contributed by atoms with E-state index in [-0.39, 0.29) is 24.1 Å². The molecule has 3 amide bonds. The number of carbonyl (C=O) groups is 3. The van der Waals surface area contributed by atoms with Crippen molar-refractivity contribution in [3.63, 3.8) is 0 Å². The zero-order chi connectivity index (χ0) is 31.3. The van der Waals surface area contributed by atoms with Crippen LogP contribution in [0.5, 0.6) is 0 Å². The fourth-order valence-corrected chi connectivity index (χ4v) is 6.01. The van der Waals surface area contributed by atoms with E-state index in [2.05, 4.69) is 10.2 Å². The van der Waals surface area contributed by atoms with E-state index in [0.717, 1.165) is 15.7 Å². The number of aryl methyl sites for hydroxylation is 2. The minimum absolute atomic E-state index is 0.0797. The van der Waals surface area contributed by atoms with Crippen LogP contribution in [0.4, 0.5) is 17.3 Å². The largest absolute Gasteiger partial charge is 0.340 e. The summed E-state index contributed by atoms with van der Waals surface area (Å²) in [6, 6.07) is 14.1. The molecule has 0 aliphatic carbocycles. The third-order valence-corrected chi connectivity index (χ3v) is 8.40. The third-order valence-electron chi connectivity index (χ3n) is 8.40. The molecule has 1 N–H and O–H groups in total. The molecule has 2 aliphatic rings. The minimum Gasteiger partial charge on any atom is -0.340 e. The highest BCUT2D eigenvalue weighted by Gasteiger charge is 2.43. The summed E-state index contributed by atoms with van der Waals surface area (Å²) in [6.07, 6.45) is 0.0797. The third kappa shape index (κ3) is 5.08. The van der Waals surface area contributed by atoms with Crippen LogP contribution in [-0.4, -0.2) is 73.5 Å². The van der Waals surface area contributed by atoms with Crippen LogP contribution in [0.15, 0.2) is 58.1 Å². The van der Waals surface area contributed by atoms with Gasteiger partial charge in [0, 0.05) is 52.9 Å². The molecule has 4 heterocycles. The van der Waals surface area contributed by atoms with Gasteiger partial charge in [0.15, 0.2) is 11.2 Å². The Morgan fingerprint density at radius 1 is 0.909 bits per heavy atom. The highest BCUT2D eigenvalue weighted by Crippen LogP contribution is 2.29. The van der Waals surface area contributed by atoms with E-state index in [0.29, 0.717) is 61.2 Å². The second-order valence-corrected chi connectivity index (χ2v) is 11.4. The van der Waals surface area contributed by atoms with Crippen LogP contribution in [0.25, 0.3) is 11.2 Å². The van der Waals surface area contributed by atoms with Crippen molar-refractivity contribution in [3.05, 3.63) is 80.5 Å². The lowest BCUT2D eigenvalue weighted by molar-refractivity contribution is -0.123.